The molecule has 1 fully saturated rings. The third-order valence-corrected chi connectivity index (χ3v) is 4.96. The minimum absolute atomic E-state index is 0.103. The second-order valence-corrected chi connectivity index (χ2v) is 6.90. The fourth-order valence-electron chi connectivity index (χ4n) is 2.05. The predicted octanol–water partition coefficient (Wildman–Crippen LogP) is 4.25. The molecule has 0 N–H and O–H groups in total. The van der Waals surface area contributed by atoms with Crippen LogP contribution in [0.2, 0.25) is 0 Å². The predicted molar refractivity (Wildman–Crippen MR) is 74.5 cm³/mol. The summed E-state index contributed by atoms with van der Waals surface area (Å²) in [6.07, 6.45) is 6.17. The highest BCUT2D eigenvalue weighted by Crippen LogP contribution is 2.43. The van der Waals surface area contributed by atoms with Gasteiger partial charge in [-0.3, -0.25) is 0 Å². The maximum Gasteiger partial charge on any atom is 0.193 e. The van der Waals surface area contributed by atoms with Crippen molar-refractivity contribution < 1.29 is 9.47 Å². The van der Waals surface area contributed by atoms with Crippen LogP contribution in [-0.2, 0) is 9.47 Å². The van der Waals surface area contributed by atoms with Gasteiger partial charge in [0.25, 0.3) is 0 Å². The Labute approximate surface area is 116 Å². The maximum absolute atomic E-state index is 5.80. The van der Waals surface area contributed by atoms with Gasteiger partial charge in [-0.15, -0.1) is 0 Å². The van der Waals surface area contributed by atoms with E-state index in [1.165, 1.54) is 25.7 Å². The lowest BCUT2D eigenvalue weighted by molar-refractivity contribution is -0.159. The summed E-state index contributed by atoms with van der Waals surface area (Å²) in [4.78, 5) is 0. The lowest BCUT2D eigenvalue weighted by Crippen LogP contribution is -2.50. The van der Waals surface area contributed by atoms with Gasteiger partial charge in [0, 0.05) is 0 Å². The average Bonchev–Trinajstić information content (AvgIpc) is 2.74. The molecule has 0 aromatic heterocycles. The molecule has 2 nitrogen and oxygen atoms in total. The Morgan fingerprint density at radius 1 is 1.19 bits per heavy atom. The van der Waals surface area contributed by atoms with Crippen LogP contribution in [0.25, 0.3) is 0 Å². The van der Waals surface area contributed by atoms with Crippen molar-refractivity contribution >= 4 is 31.9 Å². The zero-order valence-electron chi connectivity index (χ0n) is 10.2. The van der Waals surface area contributed by atoms with Crippen molar-refractivity contribution in [1.82, 2.24) is 0 Å². The third kappa shape index (κ3) is 3.44. The maximum atomic E-state index is 5.80. The number of rotatable bonds is 7. The van der Waals surface area contributed by atoms with E-state index >= 15 is 0 Å². The molecule has 96 valence electrons. The van der Waals surface area contributed by atoms with Crippen LogP contribution < -0.4 is 0 Å². The molecule has 0 bridgehead atoms. The molecule has 0 radical (unpaired) electrons. The van der Waals surface area contributed by atoms with Gasteiger partial charge in [-0.25, -0.2) is 0 Å². The van der Waals surface area contributed by atoms with Crippen molar-refractivity contribution in [2.24, 2.45) is 0 Å². The summed E-state index contributed by atoms with van der Waals surface area (Å²) < 4.78 is 11.5. The van der Waals surface area contributed by atoms with Gasteiger partial charge in [-0.1, -0.05) is 64.5 Å². The van der Waals surface area contributed by atoms with Crippen molar-refractivity contribution in [3.05, 3.63) is 0 Å². The molecule has 1 atom stereocenters. The summed E-state index contributed by atoms with van der Waals surface area (Å²) >= 11 is 7.31. The molecule has 1 aliphatic heterocycles. The van der Waals surface area contributed by atoms with Gasteiger partial charge in [0.1, 0.15) is 0 Å². The van der Waals surface area contributed by atoms with E-state index in [9.17, 15) is 0 Å². The van der Waals surface area contributed by atoms with Crippen molar-refractivity contribution in [2.45, 2.75) is 56.1 Å². The van der Waals surface area contributed by atoms with Crippen LogP contribution in [0.1, 0.15) is 46.0 Å². The van der Waals surface area contributed by atoms with Gasteiger partial charge in [-0.05, 0) is 13.3 Å². The molecule has 0 aromatic carbocycles. The first kappa shape index (κ1) is 14.9. The topological polar surface area (TPSA) is 18.5 Å². The van der Waals surface area contributed by atoms with Crippen LogP contribution in [0.15, 0.2) is 0 Å². The number of halogens is 2. The summed E-state index contributed by atoms with van der Waals surface area (Å²) in [5, 5.41) is 0.718. The fraction of sp³-hybridized carbons (Fsp3) is 1.00. The molecule has 1 heterocycles. The number of unbranched alkanes of at least 4 members (excludes halogenated alkanes) is 3. The van der Waals surface area contributed by atoms with Gasteiger partial charge in [0.2, 0.25) is 0 Å². The van der Waals surface area contributed by atoms with Crippen LogP contribution in [0.3, 0.4) is 0 Å². The van der Waals surface area contributed by atoms with E-state index in [1.807, 2.05) is 0 Å². The van der Waals surface area contributed by atoms with E-state index in [1.54, 1.807) is 0 Å². The van der Waals surface area contributed by atoms with E-state index in [4.69, 9.17) is 9.47 Å². The smallest absolute Gasteiger partial charge is 0.193 e. The quantitative estimate of drug-likeness (QED) is 0.501. The van der Waals surface area contributed by atoms with Gasteiger partial charge >= 0.3 is 0 Å². The molecular weight excluding hydrogens is 336 g/mol. The van der Waals surface area contributed by atoms with Crippen LogP contribution in [-0.4, -0.2) is 28.7 Å². The number of hydrogen-bond acceptors (Lipinski definition) is 2. The highest BCUT2D eigenvalue weighted by atomic mass is 79.9. The Balaban J connectivity index is 2.46. The second-order valence-electron chi connectivity index (χ2n) is 4.59. The molecule has 0 saturated carbocycles. The molecule has 1 rings (SSSR count). The molecule has 1 saturated heterocycles. The van der Waals surface area contributed by atoms with Gasteiger partial charge in [0.15, 0.2) is 5.79 Å². The van der Waals surface area contributed by atoms with Crippen LogP contribution in [0.5, 0.6) is 0 Å². The Morgan fingerprint density at radius 3 is 2.31 bits per heavy atom. The van der Waals surface area contributed by atoms with Crippen LogP contribution in [0, 0.1) is 0 Å². The highest BCUT2D eigenvalue weighted by molar-refractivity contribution is 9.10. The van der Waals surface area contributed by atoms with E-state index in [0.29, 0.717) is 13.2 Å². The van der Waals surface area contributed by atoms with Crippen molar-refractivity contribution in [3.8, 4) is 0 Å². The second kappa shape index (κ2) is 6.72. The van der Waals surface area contributed by atoms with E-state index in [2.05, 4.69) is 45.7 Å². The molecule has 0 aromatic rings. The van der Waals surface area contributed by atoms with E-state index < -0.39 is 5.79 Å². The molecule has 0 amide bonds. The lowest BCUT2D eigenvalue weighted by atomic mass is 9.94. The molecule has 4 heteroatoms. The van der Waals surface area contributed by atoms with Crippen molar-refractivity contribution in [3.63, 3.8) is 0 Å². The zero-order valence-corrected chi connectivity index (χ0v) is 13.4. The van der Waals surface area contributed by atoms with Gasteiger partial charge < -0.3 is 9.47 Å². The molecule has 0 aliphatic carbocycles. The first-order valence-electron chi connectivity index (χ1n) is 6.11. The van der Waals surface area contributed by atoms with Gasteiger partial charge in [-0.2, -0.15) is 0 Å². The first-order chi connectivity index (χ1) is 7.58. The monoisotopic (exact) mass is 356 g/mol. The third-order valence-electron chi connectivity index (χ3n) is 3.22. The van der Waals surface area contributed by atoms with Crippen LogP contribution in [0.4, 0.5) is 0 Å². The van der Waals surface area contributed by atoms with Crippen LogP contribution >= 0.6 is 31.9 Å². The van der Waals surface area contributed by atoms with Gasteiger partial charge in [0.05, 0.1) is 22.9 Å². The van der Waals surface area contributed by atoms with Crippen molar-refractivity contribution in [1.29, 1.82) is 0 Å². The highest BCUT2D eigenvalue weighted by Gasteiger charge is 2.50. The minimum Gasteiger partial charge on any atom is -0.345 e. The van der Waals surface area contributed by atoms with E-state index in [0.717, 1.165) is 11.8 Å². The summed E-state index contributed by atoms with van der Waals surface area (Å²) in [6.45, 7) is 5.80. The number of alkyl halides is 2. The molecule has 0 spiro atoms. The number of ether oxygens (including phenoxy) is 2. The normalized spacial score (nSPS) is 23.2. The standard InChI is InChI=1S/C12H22Br2O2/c1-3-4-5-6-7-11(2,14)12(10-13)15-8-9-16-12/h3-10H2,1-2H3. The lowest BCUT2D eigenvalue weighted by Gasteiger charge is -2.39. The summed E-state index contributed by atoms with van der Waals surface area (Å²) in [6, 6.07) is 0. The summed E-state index contributed by atoms with van der Waals surface area (Å²) in [5.74, 6) is -0.487. The Bertz CT molecular complexity index is 201. The largest absolute Gasteiger partial charge is 0.345 e. The zero-order chi connectivity index (χ0) is 12.1. The Kier molecular flexibility index (Phi) is 6.27. The summed E-state index contributed by atoms with van der Waals surface area (Å²) in [5.41, 5.74) is 0. The molecule has 1 unspecified atom stereocenters. The van der Waals surface area contributed by atoms with Crippen molar-refractivity contribution in [2.75, 3.05) is 18.5 Å². The van der Waals surface area contributed by atoms with E-state index in [-0.39, 0.29) is 4.32 Å². The summed E-state index contributed by atoms with van der Waals surface area (Å²) in [7, 11) is 0. The fourth-order valence-corrected chi connectivity index (χ4v) is 4.01. The average molecular weight is 358 g/mol. The minimum atomic E-state index is -0.487. The SMILES string of the molecule is CCCCCCC(C)(Br)C1(CBr)OCCO1. The molecule has 16 heavy (non-hydrogen) atoms. The Morgan fingerprint density at radius 2 is 1.81 bits per heavy atom. The molecule has 1 aliphatic rings. The first-order valence-corrected chi connectivity index (χ1v) is 8.02. The molecular formula is C12H22Br2O2. The Hall–Kier alpha value is 0.880. The number of hydrogen-bond donors (Lipinski definition) is 0.